The Morgan fingerprint density at radius 1 is 0.976 bits per heavy atom. The van der Waals surface area contributed by atoms with Crippen molar-refractivity contribution in [2.75, 3.05) is 13.2 Å². The molecule has 1 aliphatic rings. The van der Waals surface area contributed by atoms with E-state index in [0.717, 1.165) is 48.3 Å². The van der Waals surface area contributed by atoms with Gasteiger partial charge in [0.25, 0.3) is 0 Å². The predicted molar refractivity (Wildman–Crippen MR) is 168 cm³/mol. The minimum atomic E-state index is -0.570. The van der Waals surface area contributed by atoms with Crippen molar-refractivity contribution in [3.63, 3.8) is 0 Å². The van der Waals surface area contributed by atoms with Gasteiger partial charge in [-0.05, 0) is 78.7 Å². The average Bonchev–Trinajstić information content (AvgIpc) is 3.77. The Morgan fingerprint density at radius 2 is 1.67 bits per heavy atom. The summed E-state index contributed by atoms with van der Waals surface area (Å²) in [6.45, 7) is 15.6. The molecule has 3 atom stereocenters. The van der Waals surface area contributed by atoms with Crippen LogP contribution in [-0.4, -0.2) is 37.0 Å². The summed E-state index contributed by atoms with van der Waals surface area (Å²) in [5.41, 5.74) is 2.88. The number of nitrogens with one attached hydrogen (secondary N) is 3. The zero-order valence-corrected chi connectivity index (χ0v) is 26.0. The fourth-order valence-electron chi connectivity index (χ4n) is 4.88. The molecule has 2 aromatic carbocycles. The molecule has 1 saturated carbocycles. The average molecular weight is 580 g/mol. The zero-order valence-electron chi connectivity index (χ0n) is 26.0. The van der Waals surface area contributed by atoms with E-state index in [0.29, 0.717) is 37.8 Å². The molecule has 0 heterocycles. The second-order valence-electron chi connectivity index (χ2n) is 12.6. The highest BCUT2D eigenvalue weighted by Gasteiger charge is 2.33. The van der Waals surface area contributed by atoms with Crippen LogP contribution in [0.15, 0.2) is 60.8 Å². The van der Waals surface area contributed by atoms with Gasteiger partial charge in [-0.15, -0.1) is 0 Å². The van der Waals surface area contributed by atoms with Gasteiger partial charge in [-0.25, -0.2) is 4.39 Å². The molecule has 0 aliphatic heterocycles. The molecule has 0 unspecified atom stereocenters. The van der Waals surface area contributed by atoms with E-state index in [2.05, 4.69) is 42.4 Å². The van der Waals surface area contributed by atoms with Crippen LogP contribution in [0.1, 0.15) is 71.4 Å². The lowest BCUT2D eigenvalue weighted by molar-refractivity contribution is -0.130. The molecule has 3 N–H and O–H groups in total. The Hall–Kier alpha value is -3.35. The predicted octanol–water partition coefficient (Wildman–Crippen LogP) is 6.20. The number of benzene rings is 2. The third-order valence-electron chi connectivity index (χ3n) is 7.71. The smallest absolute Gasteiger partial charge is 0.243 e. The first-order chi connectivity index (χ1) is 20.0. The number of rotatable bonds is 18. The van der Waals surface area contributed by atoms with Crippen LogP contribution in [-0.2, 0) is 22.4 Å². The minimum Gasteiger partial charge on any atom is -0.493 e. The quantitative estimate of drug-likeness (QED) is 0.184. The Kier molecular flexibility index (Phi) is 12.9. The maximum atomic E-state index is 13.5. The summed E-state index contributed by atoms with van der Waals surface area (Å²) in [5, 5.41) is 9.44. The molecule has 42 heavy (non-hydrogen) atoms. The molecule has 0 spiro atoms. The first-order valence-electron chi connectivity index (χ1n) is 15.5. The molecule has 0 aromatic heterocycles. The largest absolute Gasteiger partial charge is 0.493 e. The third kappa shape index (κ3) is 11.1. The van der Waals surface area contributed by atoms with Crippen LogP contribution in [0.5, 0.6) is 5.75 Å². The lowest BCUT2D eigenvalue weighted by Gasteiger charge is -2.28. The van der Waals surface area contributed by atoms with Crippen LogP contribution in [0.4, 0.5) is 4.39 Å². The Bertz CT molecular complexity index is 1160. The molecule has 2 aromatic rings. The van der Waals surface area contributed by atoms with Gasteiger partial charge >= 0.3 is 0 Å². The van der Waals surface area contributed by atoms with E-state index in [-0.39, 0.29) is 29.5 Å². The molecular weight excluding hydrogens is 529 g/mol. The molecule has 0 bridgehead atoms. The molecule has 7 heteroatoms. The SMILES string of the molecule is C=C(N[C@@H](C(=O)N[C@@H](CC1CC1)C(=O)NCCCc1ccccc1OCC(C)C)C(C)C)[C@H](C)Cc1ccc(F)cc1. The summed E-state index contributed by atoms with van der Waals surface area (Å²) in [6.07, 6.45) is 5.09. The van der Waals surface area contributed by atoms with Gasteiger partial charge in [0, 0.05) is 12.2 Å². The molecule has 3 rings (SSSR count). The Balaban J connectivity index is 1.53. The topological polar surface area (TPSA) is 79.5 Å². The van der Waals surface area contributed by atoms with Gasteiger partial charge < -0.3 is 20.7 Å². The van der Waals surface area contributed by atoms with Gasteiger partial charge in [0.05, 0.1) is 6.61 Å². The molecule has 2 amide bonds. The third-order valence-corrected chi connectivity index (χ3v) is 7.71. The summed E-state index contributed by atoms with van der Waals surface area (Å²) in [5.74, 6) is 1.26. The van der Waals surface area contributed by atoms with Gasteiger partial charge in [0.2, 0.25) is 11.8 Å². The number of hydrogen-bond donors (Lipinski definition) is 3. The number of allylic oxidation sites excluding steroid dienone is 1. The van der Waals surface area contributed by atoms with E-state index < -0.39 is 12.1 Å². The van der Waals surface area contributed by atoms with Crippen molar-refractivity contribution in [3.8, 4) is 5.75 Å². The fraction of sp³-hybridized carbons (Fsp3) is 0.543. The number of amides is 2. The first-order valence-corrected chi connectivity index (χ1v) is 15.5. The van der Waals surface area contributed by atoms with Crippen molar-refractivity contribution in [1.29, 1.82) is 0 Å². The van der Waals surface area contributed by atoms with E-state index in [1.54, 1.807) is 12.1 Å². The van der Waals surface area contributed by atoms with Crippen molar-refractivity contribution in [2.45, 2.75) is 85.2 Å². The Labute approximate surface area is 251 Å². The summed E-state index contributed by atoms with van der Waals surface area (Å²) >= 11 is 0. The zero-order chi connectivity index (χ0) is 30.6. The van der Waals surface area contributed by atoms with E-state index in [1.165, 1.54) is 12.1 Å². The van der Waals surface area contributed by atoms with Gasteiger partial charge in [0.15, 0.2) is 0 Å². The molecule has 6 nitrogen and oxygen atoms in total. The summed E-state index contributed by atoms with van der Waals surface area (Å²) in [4.78, 5) is 26.7. The van der Waals surface area contributed by atoms with Crippen LogP contribution >= 0.6 is 0 Å². The van der Waals surface area contributed by atoms with Crippen molar-refractivity contribution in [1.82, 2.24) is 16.0 Å². The maximum Gasteiger partial charge on any atom is 0.243 e. The van der Waals surface area contributed by atoms with Crippen molar-refractivity contribution < 1.29 is 18.7 Å². The summed E-state index contributed by atoms with van der Waals surface area (Å²) < 4.78 is 19.3. The molecule has 1 fully saturated rings. The number of carbonyl (C=O) groups excluding carboxylic acids is 2. The fourth-order valence-corrected chi connectivity index (χ4v) is 4.88. The lowest BCUT2D eigenvalue weighted by Crippen LogP contribution is -2.54. The number of aryl methyl sites for hydroxylation is 1. The van der Waals surface area contributed by atoms with Crippen LogP contribution in [0, 0.1) is 29.5 Å². The summed E-state index contributed by atoms with van der Waals surface area (Å²) in [7, 11) is 0. The van der Waals surface area contributed by atoms with Crippen molar-refractivity contribution >= 4 is 11.8 Å². The van der Waals surface area contributed by atoms with Crippen LogP contribution < -0.4 is 20.7 Å². The van der Waals surface area contributed by atoms with E-state index >= 15 is 0 Å². The molecule has 0 saturated heterocycles. The highest BCUT2D eigenvalue weighted by atomic mass is 19.1. The lowest BCUT2D eigenvalue weighted by atomic mass is 9.96. The number of halogens is 1. The highest BCUT2D eigenvalue weighted by Crippen LogP contribution is 2.33. The van der Waals surface area contributed by atoms with E-state index in [9.17, 15) is 14.0 Å². The van der Waals surface area contributed by atoms with Gasteiger partial charge in [-0.3, -0.25) is 9.59 Å². The second kappa shape index (κ2) is 16.3. The van der Waals surface area contributed by atoms with Crippen molar-refractivity contribution in [2.24, 2.45) is 23.7 Å². The van der Waals surface area contributed by atoms with Crippen LogP contribution in [0.2, 0.25) is 0 Å². The number of hydrogen-bond acceptors (Lipinski definition) is 4. The first kappa shape index (κ1) is 33.2. The monoisotopic (exact) mass is 579 g/mol. The second-order valence-corrected chi connectivity index (χ2v) is 12.6. The van der Waals surface area contributed by atoms with Crippen molar-refractivity contribution in [3.05, 3.63) is 77.8 Å². The molecule has 0 radical (unpaired) electrons. The van der Waals surface area contributed by atoms with Gasteiger partial charge in [0.1, 0.15) is 23.7 Å². The summed E-state index contributed by atoms with van der Waals surface area (Å²) in [6, 6.07) is 13.4. The molecule has 230 valence electrons. The van der Waals surface area contributed by atoms with Crippen LogP contribution in [0.25, 0.3) is 0 Å². The standard InChI is InChI=1S/C35H50FN3O3/c1-23(2)22-42-32-12-8-7-10-29(32)11-9-19-37-34(40)31(21-28-13-14-28)39-35(41)33(24(3)4)38-26(6)25(5)20-27-15-17-30(36)18-16-27/h7-8,10,12,15-18,23-25,28,31,33,38H,6,9,11,13-14,19-22H2,1-5H3,(H,37,40)(H,39,41)/t25-,31+,33-/m1/s1. The van der Waals surface area contributed by atoms with Gasteiger partial charge in [-0.2, -0.15) is 0 Å². The molecular formula is C35H50FN3O3. The minimum absolute atomic E-state index is 0.0117. The van der Waals surface area contributed by atoms with E-state index in [4.69, 9.17) is 4.74 Å². The number of carbonyl (C=O) groups is 2. The van der Waals surface area contributed by atoms with Crippen LogP contribution in [0.3, 0.4) is 0 Å². The Morgan fingerprint density at radius 3 is 2.31 bits per heavy atom. The number of ether oxygens (including phenoxy) is 1. The van der Waals surface area contributed by atoms with Gasteiger partial charge in [-0.1, -0.05) is 84.4 Å². The van der Waals surface area contributed by atoms with E-state index in [1.807, 2.05) is 39.0 Å². The maximum absolute atomic E-state index is 13.5. The highest BCUT2D eigenvalue weighted by molar-refractivity contribution is 5.90. The molecule has 1 aliphatic carbocycles. The normalized spacial score (nSPS) is 15.1. The number of para-hydroxylation sites is 1.